The predicted molar refractivity (Wildman–Crippen MR) is 104 cm³/mol. The van der Waals surface area contributed by atoms with Crippen LogP contribution in [0, 0.1) is 12.8 Å². The number of carbonyl (C=O) groups is 2. The first-order valence-electron chi connectivity index (χ1n) is 9.07. The third-order valence-electron chi connectivity index (χ3n) is 3.72. The summed E-state index contributed by atoms with van der Waals surface area (Å²) in [6.45, 7) is 5.44. The molecule has 0 aliphatic rings. The molecule has 0 spiro atoms. The second-order valence-corrected chi connectivity index (χ2v) is 7.07. The largest absolute Gasteiger partial charge is 0.471 e. The van der Waals surface area contributed by atoms with Crippen molar-refractivity contribution in [1.82, 2.24) is 15.3 Å². The van der Waals surface area contributed by atoms with E-state index in [2.05, 4.69) is 20.6 Å². The molecule has 0 aromatic carbocycles. The van der Waals surface area contributed by atoms with E-state index in [-0.39, 0.29) is 30.2 Å². The van der Waals surface area contributed by atoms with Crippen LogP contribution in [0.3, 0.4) is 0 Å². The quantitative estimate of drug-likeness (QED) is 0.701. The Morgan fingerprint density at radius 1 is 1.24 bits per heavy atom. The summed E-state index contributed by atoms with van der Waals surface area (Å²) in [5, 5.41) is 5.41. The van der Waals surface area contributed by atoms with E-state index in [0.717, 1.165) is 6.92 Å². The van der Waals surface area contributed by atoms with Gasteiger partial charge in [-0.2, -0.15) is 0 Å². The zero-order valence-corrected chi connectivity index (χ0v) is 16.8. The van der Waals surface area contributed by atoms with E-state index >= 15 is 0 Å². The van der Waals surface area contributed by atoms with Crippen LogP contribution in [-0.4, -0.2) is 34.3 Å². The van der Waals surface area contributed by atoms with Crippen molar-refractivity contribution in [3.63, 3.8) is 0 Å². The summed E-state index contributed by atoms with van der Waals surface area (Å²) in [7, 11) is 0. The van der Waals surface area contributed by atoms with Crippen molar-refractivity contribution in [2.75, 3.05) is 11.9 Å². The summed E-state index contributed by atoms with van der Waals surface area (Å²) in [6, 6.07) is 6.20. The van der Waals surface area contributed by atoms with E-state index in [1.165, 1.54) is 18.3 Å². The van der Waals surface area contributed by atoms with Gasteiger partial charge in [-0.25, -0.2) is 18.7 Å². The van der Waals surface area contributed by atoms with Gasteiger partial charge in [-0.1, -0.05) is 19.9 Å². The number of halogens is 2. The van der Waals surface area contributed by atoms with Crippen LogP contribution in [0.5, 0.6) is 5.88 Å². The van der Waals surface area contributed by atoms with Crippen LogP contribution in [0.1, 0.15) is 42.4 Å². The van der Waals surface area contributed by atoms with Gasteiger partial charge in [0, 0.05) is 42.9 Å². The first kappa shape index (κ1) is 22.2. The summed E-state index contributed by atoms with van der Waals surface area (Å²) in [5.74, 6) is -3.30. The molecule has 0 aliphatic carbocycles. The third kappa shape index (κ3) is 7.44. The fourth-order valence-corrected chi connectivity index (χ4v) is 2.22. The van der Waals surface area contributed by atoms with Gasteiger partial charge in [0.25, 0.3) is 11.8 Å². The molecular formula is C20H24F2N4O3. The van der Waals surface area contributed by atoms with Gasteiger partial charge in [-0.05, 0) is 24.6 Å². The first-order valence-corrected chi connectivity index (χ1v) is 9.07. The van der Waals surface area contributed by atoms with Crippen molar-refractivity contribution in [1.29, 1.82) is 0 Å². The number of amides is 2. The molecule has 7 nitrogen and oxygen atoms in total. The summed E-state index contributed by atoms with van der Waals surface area (Å²) in [5.41, 5.74) is 1.62. The Morgan fingerprint density at radius 3 is 2.55 bits per heavy atom. The van der Waals surface area contributed by atoms with Crippen LogP contribution >= 0.6 is 0 Å². The normalized spacial score (nSPS) is 11.3. The van der Waals surface area contributed by atoms with Gasteiger partial charge >= 0.3 is 0 Å². The Morgan fingerprint density at radius 2 is 1.97 bits per heavy atom. The van der Waals surface area contributed by atoms with E-state index in [0.29, 0.717) is 22.6 Å². The number of carbonyl (C=O) groups excluding carboxylic acids is 2. The van der Waals surface area contributed by atoms with E-state index in [4.69, 9.17) is 4.74 Å². The Bertz CT molecular complexity index is 865. The lowest BCUT2D eigenvalue weighted by molar-refractivity contribution is -0.118. The number of aryl methyl sites for hydroxylation is 1. The number of aromatic nitrogens is 2. The molecular weight excluding hydrogens is 382 g/mol. The zero-order chi connectivity index (χ0) is 21.6. The summed E-state index contributed by atoms with van der Waals surface area (Å²) in [4.78, 5) is 32.4. The highest BCUT2D eigenvalue weighted by atomic mass is 19.3. The minimum absolute atomic E-state index is 0.0805. The van der Waals surface area contributed by atoms with Gasteiger partial charge in [-0.3, -0.25) is 9.59 Å². The maximum absolute atomic E-state index is 12.8. The molecule has 2 aromatic rings. The van der Waals surface area contributed by atoms with Crippen LogP contribution in [0.4, 0.5) is 14.6 Å². The molecule has 2 rings (SSSR count). The van der Waals surface area contributed by atoms with Gasteiger partial charge in [0.15, 0.2) is 6.61 Å². The Kier molecular flexibility index (Phi) is 7.19. The van der Waals surface area contributed by atoms with Crippen molar-refractivity contribution in [3.05, 3.63) is 47.3 Å². The van der Waals surface area contributed by atoms with Crippen LogP contribution in [0.15, 0.2) is 30.5 Å². The SMILES string of the molecule is Cc1cc(C(=O)NCc2ccc(OCC(C)(F)F)nc2)cc(NC(=O)C(C)C)n1. The molecule has 2 aromatic heterocycles. The standard InChI is InChI=1S/C20H24F2N4O3/c1-12(2)18(27)26-16-8-15(7-13(3)25-16)19(28)24-10-14-5-6-17(23-9-14)29-11-20(4,21)22/h5-9,12H,10-11H2,1-4H3,(H,24,28)(H,25,26,27). The molecule has 0 bridgehead atoms. The number of nitrogens with zero attached hydrogens (tertiary/aromatic N) is 2. The summed E-state index contributed by atoms with van der Waals surface area (Å²) in [6.07, 6.45) is 1.44. The maximum atomic E-state index is 12.8. The molecule has 0 radical (unpaired) electrons. The molecule has 0 unspecified atom stereocenters. The van der Waals surface area contributed by atoms with E-state index < -0.39 is 12.5 Å². The van der Waals surface area contributed by atoms with Crippen LogP contribution in [-0.2, 0) is 11.3 Å². The molecule has 0 atom stereocenters. The lowest BCUT2D eigenvalue weighted by atomic mass is 10.2. The topological polar surface area (TPSA) is 93.2 Å². The van der Waals surface area contributed by atoms with Crippen molar-refractivity contribution in [2.45, 2.75) is 40.2 Å². The van der Waals surface area contributed by atoms with Crippen LogP contribution < -0.4 is 15.4 Å². The van der Waals surface area contributed by atoms with Gasteiger partial charge in [0.1, 0.15) is 5.82 Å². The van der Waals surface area contributed by atoms with E-state index in [9.17, 15) is 18.4 Å². The molecule has 2 N–H and O–H groups in total. The van der Waals surface area contributed by atoms with Crippen LogP contribution in [0.2, 0.25) is 0 Å². The van der Waals surface area contributed by atoms with E-state index in [1.807, 2.05) is 0 Å². The lowest BCUT2D eigenvalue weighted by Crippen LogP contribution is -2.24. The third-order valence-corrected chi connectivity index (χ3v) is 3.72. The molecule has 156 valence electrons. The van der Waals surface area contributed by atoms with Crippen molar-refractivity contribution in [2.24, 2.45) is 5.92 Å². The Balaban J connectivity index is 1.96. The molecule has 9 heteroatoms. The zero-order valence-electron chi connectivity index (χ0n) is 16.8. The fourth-order valence-electron chi connectivity index (χ4n) is 2.22. The summed E-state index contributed by atoms with van der Waals surface area (Å²) < 4.78 is 30.5. The Hall–Kier alpha value is -3.10. The number of hydrogen-bond donors (Lipinski definition) is 2. The molecule has 2 heterocycles. The van der Waals surface area contributed by atoms with Crippen molar-refractivity contribution in [3.8, 4) is 5.88 Å². The van der Waals surface area contributed by atoms with Gasteiger partial charge in [0.05, 0.1) is 0 Å². The molecule has 0 fully saturated rings. The molecule has 0 saturated carbocycles. The van der Waals surface area contributed by atoms with Gasteiger partial charge in [0.2, 0.25) is 11.8 Å². The monoisotopic (exact) mass is 406 g/mol. The second kappa shape index (κ2) is 9.40. The van der Waals surface area contributed by atoms with E-state index in [1.54, 1.807) is 32.9 Å². The van der Waals surface area contributed by atoms with Crippen LogP contribution in [0.25, 0.3) is 0 Å². The highest BCUT2D eigenvalue weighted by Gasteiger charge is 2.22. The number of alkyl halides is 2. The van der Waals surface area contributed by atoms with Crippen molar-refractivity contribution < 1.29 is 23.1 Å². The average Bonchev–Trinajstić information content (AvgIpc) is 2.64. The molecule has 2 amide bonds. The number of nitrogens with one attached hydrogen (secondary N) is 2. The number of ether oxygens (including phenoxy) is 1. The number of rotatable bonds is 8. The number of anilines is 1. The lowest BCUT2D eigenvalue weighted by Gasteiger charge is -2.12. The minimum Gasteiger partial charge on any atom is -0.471 e. The number of pyridine rings is 2. The fraction of sp³-hybridized carbons (Fsp3) is 0.400. The average molecular weight is 406 g/mol. The molecule has 0 saturated heterocycles. The highest BCUT2D eigenvalue weighted by Crippen LogP contribution is 2.15. The Labute approximate surface area is 167 Å². The maximum Gasteiger partial charge on any atom is 0.278 e. The van der Waals surface area contributed by atoms with Crippen molar-refractivity contribution >= 4 is 17.6 Å². The molecule has 29 heavy (non-hydrogen) atoms. The predicted octanol–water partition coefficient (Wildman–Crippen LogP) is 3.34. The molecule has 0 aliphatic heterocycles. The second-order valence-electron chi connectivity index (χ2n) is 7.07. The highest BCUT2D eigenvalue weighted by molar-refractivity contribution is 5.97. The smallest absolute Gasteiger partial charge is 0.278 e. The van der Waals surface area contributed by atoms with Gasteiger partial charge < -0.3 is 15.4 Å². The first-order chi connectivity index (χ1) is 13.5. The minimum atomic E-state index is -2.94. The summed E-state index contributed by atoms with van der Waals surface area (Å²) >= 11 is 0. The van der Waals surface area contributed by atoms with Gasteiger partial charge in [-0.15, -0.1) is 0 Å². The number of hydrogen-bond acceptors (Lipinski definition) is 5.